The lowest BCUT2D eigenvalue weighted by molar-refractivity contribution is -0.137. The first-order valence-corrected chi connectivity index (χ1v) is 13.5. The summed E-state index contributed by atoms with van der Waals surface area (Å²) in [6.45, 7) is 5.27. The molecule has 2 aromatic rings. The minimum absolute atomic E-state index is 0.213. The normalized spacial score (nSPS) is 11.8. The molecule has 1 aliphatic rings. The molecule has 0 aromatic heterocycles. The predicted molar refractivity (Wildman–Crippen MR) is 158 cm³/mol. The van der Waals surface area contributed by atoms with E-state index in [-0.39, 0.29) is 25.5 Å². The van der Waals surface area contributed by atoms with Gasteiger partial charge in [0, 0.05) is 35.6 Å². The third-order valence-corrected chi connectivity index (χ3v) is 6.01. The van der Waals surface area contributed by atoms with Crippen LogP contribution in [-0.4, -0.2) is 51.8 Å². The molecule has 9 nitrogen and oxygen atoms in total. The van der Waals surface area contributed by atoms with Gasteiger partial charge in [0.05, 0.1) is 6.61 Å². The van der Waals surface area contributed by atoms with E-state index in [1.54, 1.807) is 13.0 Å². The highest BCUT2D eigenvalue weighted by atomic mass is 35.5. The number of aryl methyl sites for hydroxylation is 2. The van der Waals surface area contributed by atoms with Gasteiger partial charge in [-0.3, -0.25) is 9.59 Å². The highest BCUT2D eigenvalue weighted by molar-refractivity contribution is 6.30. The fourth-order valence-electron chi connectivity index (χ4n) is 4.06. The maximum absolute atomic E-state index is 11.3. The fourth-order valence-corrected chi connectivity index (χ4v) is 4.23. The van der Waals surface area contributed by atoms with Crippen LogP contribution in [0.15, 0.2) is 61.1 Å². The lowest BCUT2D eigenvalue weighted by atomic mass is 10.0. The molecule has 0 amide bonds. The summed E-state index contributed by atoms with van der Waals surface area (Å²) in [7, 11) is 0. The number of esters is 1. The Kier molecular flexibility index (Phi) is 15.9. The summed E-state index contributed by atoms with van der Waals surface area (Å²) < 4.78 is 18.5. The molecule has 0 bridgehead atoms. The van der Waals surface area contributed by atoms with Gasteiger partial charge in [-0.25, -0.2) is 4.79 Å². The van der Waals surface area contributed by atoms with Crippen molar-refractivity contribution in [2.24, 2.45) is 0 Å². The smallest absolute Gasteiger partial charge is 0.330 e. The van der Waals surface area contributed by atoms with E-state index in [2.05, 4.69) is 49.9 Å². The SMILES string of the molecule is C#CCOc1ccc2c(c1)CCc1ccc(Cl)cc1N2CCCCNC/C=C/C(=O)OCC.O=CO/C=C\OC=O. The molecule has 0 spiro atoms. The van der Waals surface area contributed by atoms with E-state index in [9.17, 15) is 14.4 Å². The molecule has 0 fully saturated rings. The Labute approximate surface area is 246 Å². The van der Waals surface area contributed by atoms with Crippen molar-refractivity contribution in [1.29, 1.82) is 0 Å². The summed E-state index contributed by atoms with van der Waals surface area (Å²) >= 11 is 6.36. The molecule has 0 radical (unpaired) electrons. The van der Waals surface area contributed by atoms with Gasteiger partial charge >= 0.3 is 5.97 Å². The molecule has 1 aliphatic heterocycles. The van der Waals surface area contributed by atoms with Crippen LogP contribution in [0.3, 0.4) is 0 Å². The molecule has 2 aromatic carbocycles. The van der Waals surface area contributed by atoms with Crippen molar-refractivity contribution in [2.75, 3.05) is 37.7 Å². The van der Waals surface area contributed by atoms with E-state index in [0.29, 0.717) is 13.2 Å². The number of carbonyl (C=O) groups is 3. The van der Waals surface area contributed by atoms with Crippen LogP contribution in [0.4, 0.5) is 11.4 Å². The molecular weight excluding hydrogens is 548 g/mol. The first-order valence-electron chi connectivity index (χ1n) is 13.2. The van der Waals surface area contributed by atoms with Gasteiger partial charge in [-0.1, -0.05) is 29.7 Å². The summed E-state index contributed by atoms with van der Waals surface area (Å²) in [4.78, 5) is 32.4. The van der Waals surface area contributed by atoms with Crippen molar-refractivity contribution >= 4 is 41.9 Å². The van der Waals surface area contributed by atoms with Crippen LogP contribution >= 0.6 is 11.6 Å². The summed E-state index contributed by atoms with van der Waals surface area (Å²) in [5, 5.41) is 4.08. The van der Waals surface area contributed by atoms with E-state index in [1.807, 2.05) is 12.1 Å². The quantitative estimate of drug-likeness (QED) is 0.0598. The second kappa shape index (κ2) is 19.7. The number of hydrogen-bond donors (Lipinski definition) is 1. The highest BCUT2D eigenvalue weighted by Crippen LogP contribution is 2.39. The maximum Gasteiger partial charge on any atom is 0.330 e. The van der Waals surface area contributed by atoms with E-state index in [0.717, 1.165) is 62.1 Å². The van der Waals surface area contributed by atoms with Crippen LogP contribution in [-0.2, 0) is 41.4 Å². The first kappa shape index (κ1) is 32.9. The number of nitrogens with one attached hydrogen (secondary N) is 1. The molecule has 0 saturated heterocycles. The van der Waals surface area contributed by atoms with Gasteiger partial charge in [0.15, 0.2) is 0 Å². The lowest BCUT2D eigenvalue weighted by Gasteiger charge is -2.27. The monoisotopic (exact) mass is 582 g/mol. The minimum atomic E-state index is -0.302. The molecule has 1 heterocycles. The van der Waals surface area contributed by atoms with Crippen molar-refractivity contribution in [1.82, 2.24) is 5.32 Å². The Balaban J connectivity index is 0.000000642. The Morgan fingerprint density at radius 1 is 1.05 bits per heavy atom. The molecule has 10 heteroatoms. The zero-order valence-electron chi connectivity index (χ0n) is 23.1. The van der Waals surface area contributed by atoms with E-state index < -0.39 is 0 Å². The van der Waals surface area contributed by atoms with Gasteiger partial charge in [0.25, 0.3) is 12.9 Å². The number of halogens is 1. The van der Waals surface area contributed by atoms with Crippen LogP contribution in [0, 0.1) is 12.3 Å². The molecule has 218 valence electrons. The lowest BCUT2D eigenvalue weighted by Crippen LogP contribution is -2.22. The number of terminal acetylenes is 1. The van der Waals surface area contributed by atoms with Gasteiger partial charge < -0.3 is 29.2 Å². The summed E-state index contributed by atoms with van der Waals surface area (Å²) in [5.74, 6) is 3.02. The predicted octanol–water partition coefficient (Wildman–Crippen LogP) is 4.88. The van der Waals surface area contributed by atoms with Crippen molar-refractivity contribution in [3.05, 3.63) is 77.2 Å². The van der Waals surface area contributed by atoms with Crippen LogP contribution in [0.1, 0.15) is 30.9 Å². The van der Waals surface area contributed by atoms with Gasteiger partial charge in [0.1, 0.15) is 24.9 Å². The molecule has 0 saturated carbocycles. The molecule has 0 atom stereocenters. The maximum atomic E-state index is 11.3. The number of rotatable bonds is 15. The van der Waals surface area contributed by atoms with Crippen molar-refractivity contribution in [3.63, 3.8) is 0 Å². The molecule has 1 N–H and O–H groups in total. The van der Waals surface area contributed by atoms with Gasteiger partial charge in [-0.15, -0.1) is 6.42 Å². The average Bonchev–Trinajstić information content (AvgIpc) is 3.12. The second-order valence-corrected chi connectivity index (χ2v) is 8.95. The van der Waals surface area contributed by atoms with Crippen molar-refractivity contribution < 1.29 is 33.3 Å². The Bertz CT molecular complexity index is 1210. The first-order chi connectivity index (χ1) is 20.0. The van der Waals surface area contributed by atoms with Crippen LogP contribution in [0.25, 0.3) is 0 Å². The standard InChI is InChI=1S/C27H31ClN2O3.C4H4O4/c1-3-18-33-24-13-14-25-22(19-24)10-9-21-11-12-23(28)20-26(21)30(25)17-6-5-15-29-16-7-8-27(31)32-4-2;5-3-7-1-2-8-4-6/h1,7-8,11-14,19-20,29H,4-6,9-10,15-18H2,2H3;1-4H/b8-7+;2-1-. The number of unbranched alkanes of at least 4 members (excludes halogenated alkanes) is 1. The summed E-state index contributed by atoms with van der Waals surface area (Å²) in [6, 6.07) is 12.4. The van der Waals surface area contributed by atoms with Gasteiger partial charge in [-0.2, -0.15) is 0 Å². The number of hydrogen-bond acceptors (Lipinski definition) is 9. The van der Waals surface area contributed by atoms with Crippen LogP contribution < -0.4 is 15.0 Å². The third kappa shape index (κ3) is 12.2. The summed E-state index contributed by atoms with van der Waals surface area (Å²) in [5.41, 5.74) is 4.90. The zero-order chi connectivity index (χ0) is 29.7. The minimum Gasteiger partial charge on any atom is -0.481 e. The zero-order valence-corrected chi connectivity index (χ0v) is 23.8. The average molecular weight is 583 g/mol. The van der Waals surface area contributed by atoms with Gasteiger partial charge in [0.2, 0.25) is 0 Å². The fraction of sp³-hybridized carbons (Fsp3) is 0.323. The second-order valence-electron chi connectivity index (χ2n) is 8.51. The van der Waals surface area contributed by atoms with E-state index in [4.69, 9.17) is 27.5 Å². The molecule has 0 aliphatic carbocycles. The van der Waals surface area contributed by atoms with Crippen molar-refractivity contribution in [3.8, 4) is 18.1 Å². The molecule has 0 unspecified atom stereocenters. The highest BCUT2D eigenvalue weighted by Gasteiger charge is 2.21. The van der Waals surface area contributed by atoms with Crippen LogP contribution in [0.5, 0.6) is 5.75 Å². The third-order valence-electron chi connectivity index (χ3n) is 5.78. The number of benzene rings is 2. The number of ether oxygens (including phenoxy) is 4. The molecule has 41 heavy (non-hydrogen) atoms. The summed E-state index contributed by atoms with van der Waals surface area (Å²) in [6.07, 6.45) is 14.4. The largest absolute Gasteiger partial charge is 0.481 e. The number of carbonyl (C=O) groups excluding carboxylic acids is 3. The van der Waals surface area contributed by atoms with Crippen molar-refractivity contribution in [2.45, 2.75) is 32.6 Å². The van der Waals surface area contributed by atoms with E-state index >= 15 is 0 Å². The Hall–Kier alpha value is -4.26. The van der Waals surface area contributed by atoms with Gasteiger partial charge in [-0.05, 0) is 80.6 Å². The van der Waals surface area contributed by atoms with Crippen LogP contribution in [0.2, 0.25) is 5.02 Å². The van der Waals surface area contributed by atoms with E-state index in [1.165, 1.54) is 28.6 Å². The Morgan fingerprint density at radius 2 is 1.80 bits per heavy atom. The number of fused-ring (bicyclic) bond motifs is 2. The molecular formula is C31H35ClN2O7. The topological polar surface area (TPSA) is 103 Å². The Morgan fingerprint density at radius 3 is 2.51 bits per heavy atom. The molecule has 3 rings (SSSR count). The number of anilines is 2. The number of nitrogens with zero attached hydrogens (tertiary/aromatic N) is 1.